The molecule has 0 radical (unpaired) electrons. The Labute approximate surface area is 336 Å². The molecule has 1 aromatic rings. The number of fused-ring (bicyclic) bond motifs is 5. The fourth-order valence-corrected chi connectivity index (χ4v) is 7.20. The number of benzene rings is 1. The number of nitrogens with zero attached hydrogens (tertiary/aromatic N) is 1. The Kier molecular flexibility index (Phi) is 16.1. The molecule has 8 atom stereocenters. The maximum absolute atomic E-state index is 14.0. The number of carbonyl (C=O) groups is 4. The summed E-state index contributed by atoms with van der Waals surface area (Å²) in [5.74, 6) is -2.10. The van der Waals surface area contributed by atoms with Gasteiger partial charge in [0.15, 0.2) is 6.10 Å². The number of epoxide rings is 1. The highest BCUT2D eigenvalue weighted by atomic mass is 79.9. The summed E-state index contributed by atoms with van der Waals surface area (Å²) in [6.45, 7) is 12.5. The normalized spacial score (nSPS) is 30.5. The summed E-state index contributed by atoms with van der Waals surface area (Å²) in [7, 11) is 1.63. The van der Waals surface area contributed by atoms with E-state index in [1.54, 1.807) is 20.9 Å². The number of halogens is 2. The molecular weight excluding hydrogens is 802 g/mol. The number of ether oxygens (including phenoxy) is 6. The standard InChI is InChI=1S/C39H55BrClN3O11/c1-23-9-8-10-25(3)39(49)21-30(53-37(48)43-39)26(4)35-38(6,55-35)31(20-33(46)44(7)29-19-28(17-23)18-24(2)34(29)41)54-36(47)27(5)52-16-15-51-14-13-50-12-11-42-32(45)22-40/h8-10,18-19,25-27,30-31,35,49H,11-17,20-22H2,1-7H3,(H,42,45)(H,43,48)/b10-8+,23-9+/t25-,26-,27+,30?,31+,35+,38+,39+/m1/s1. The number of anilines is 1. The maximum Gasteiger partial charge on any atom is 0.409 e. The first-order valence-corrected chi connectivity index (χ1v) is 20.1. The fraction of sp³-hybridized carbons (Fsp3) is 0.641. The van der Waals surface area contributed by atoms with Crippen LogP contribution >= 0.6 is 27.5 Å². The number of hydrogen-bond acceptors (Lipinski definition) is 11. The van der Waals surface area contributed by atoms with Crippen LogP contribution in [0.15, 0.2) is 35.9 Å². The molecule has 0 aromatic heterocycles. The number of allylic oxidation sites excluding steroid dienone is 3. The summed E-state index contributed by atoms with van der Waals surface area (Å²) in [6, 6.07) is 3.85. The second-order valence-corrected chi connectivity index (χ2v) is 15.6. The lowest BCUT2D eigenvalue weighted by Crippen LogP contribution is -2.60. The van der Waals surface area contributed by atoms with Crippen LogP contribution in [0, 0.1) is 18.8 Å². The van der Waals surface area contributed by atoms with Crippen molar-refractivity contribution in [3.63, 3.8) is 0 Å². The van der Waals surface area contributed by atoms with Crippen molar-refractivity contribution >= 4 is 57.1 Å². The number of amides is 3. The van der Waals surface area contributed by atoms with Crippen LogP contribution in [0.2, 0.25) is 5.02 Å². The van der Waals surface area contributed by atoms with Gasteiger partial charge in [-0.25, -0.2) is 9.59 Å². The number of alkyl halides is 1. The van der Waals surface area contributed by atoms with Gasteiger partial charge < -0.3 is 43.7 Å². The number of nitrogens with one attached hydrogen (secondary N) is 2. The Bertz CT molecular complexity index is 1610. The van der Waals surface area contributed by atoms with Crippen molar-refractivity contribution in [2.75, 3.05) is 56.9 Å². The largest absolute Gasteiger partial charge is 0.457 e. The summed E-state index contributed by atoms with van der Waals surface area (Å²) >= 11 is 9.84. The Hall–Kier alpha value is -3.05. The highest BCUT2D eigenvalue weighted by Crippen LogP contribution is 2.49. The van der Waals surface area contributed by atoms with E-state index in [1.165, 1.54) is 4.90 Å². The summed E-state index contributed by atoms with van der Waals surface area (Å²) in [4.78, 5) is 53.0. The van der Waals surface area contributed by atoms with Crippen LogP contribution in [0.4, 0.5) is 10.5 Å². The van der Waals surface area contributed by atoms with Gasteiger partial charge in [0.05, 0.1) is 61.6 Å². The number of aryl methyl sites for hydroxylation is 1. The third kappa shape index (κ3) is 12.0. The molecule has 4 bridgehead atoms. The predicted molar refractivity (Wildman–Crippen MR) is 209 cm³/mol. The van der Waals surface area contributed by atoms with Crippen LogP contribution in [-0.4, -0.2) is 117 Å². The molecule has 16 heteroatoms. The molecule has 14 nitrogen and oxygen atoms in total. The second kappa shape index (κ2) is 19.9. The van der Waals surface area contributed by atoms with E-state index in [9.17, 15) is 24.3 Å². The van der Waals surface area contributed by atoms with Crippen LogP contribution in [0.1, 0.15) is 58.6 Å². The molecule has 4 rings (SSSR count). The van der Waals surface area contributed by atoms with E-state index in [-0.39, 0.29) is 43.2 Å². The zero-order valence-electron chi connectivity index (χ0n) is 32.7. The molecule has 2 saturated heterocycles. The van der Waals surface area contributed by atoms with Crippen LogP contribution in [0.25, 0.3) is 0 Å². The smallest absolute Gasteiger partial charge is 0.409 e. The van der Waals surface area contributed by atoms with Crippen molar-refractivity contribution in [2.24, 2.45) is 11.8 Å². The number of carbonyl (C=O) groups excluding carboxylic acids is 4. The average molecular weight is 857 g/mol. The molecule has 3 aliphatic heterocycles. The van der Waals surface area contributed by atoms with E-state index in [0.717, 1.165) is 16.7 Å². The summed E-state index contributed by atoms with van der Waals surface area (Å²) < 4.78 is 34.6. The number of rotatable bonds is 13. The first-order valence-electron chi connectivity index (χ1n) is 18.6. The van der Waals surface area contributed by atoms with Gasteiger partial charge >= 0.3 is 12.1 Å². The number of aliphatic hydroxyl groups is 1. The topological polar surface area (TPSA) is 174 Å². The Morgan fingerprint density at radius 1 is 1.15 bits per heavy atom. The van der Waals surface area contributed by atoms with Gasteiger partial charge in [-0.1, -0.05) is 71.2 Å². The van der Waals surface area contributed by atoms with E-state index < -0.39 is 59.6 Å². The SMILES string of the molecule is C/C1=C\C=C\[C@@H](C)[C@@]2(O)CC(OC(=O)N2)[C@@H](C)[C@@H]2O[C@@]2(C)[C@@H](OC(=O)[C@H](C)OCCOCCOCCNC(=O)CBr)CC(=O)N(C)c2cc(cc(C)c2Cl)C1. The maximum atomic E-state index is 14.0. The van der Waals surface area contributed by atoms with Gasteiger partial charge in [0, 0.05) is 31.8 Å². The van der Waals surface area contributed by atoms with Crippen molar-refractivity contribution in [3.8, 4) is 0 Å². The average Bonchev–Trinajstić information content (AvgIpc) is 3.83. The third-order valence-electron chi connectivity index (χ3n) is 10.3. The van der Waals surface area contributed by atoms with Gasteiger partial charge in [-0.2, -0.15) is 0 Å². The lowest BCUT2D eigenvalue weighted by molar-refractivity contribution is -0.166. The van der Waals surface area contributed by atoms with Crippen molar-refractivity contribution in [2.45, 2.75) is 96.5 Å². The van der Waals surface area contributed by atoms with Crippen molar-refractivity contribution < 1.29 is 52.7 Å². The minimum absolute atomic E-state index is 0.0778. The summed E-state index contributed by atoms with van der Waals surface area (Å²) in [6.07, 6.45) is 1.90. The van der Waals surface area contributed by atoms with Gasteiger partial charge in [-0.3, -0.25) is 14.9 Å². The molecule has 1 aromatic carbocycles. The molecule has 0 aliphatic carbocycles. The summed E-state index contributed by atoms with van der Waals surface area (Å²) in [5, 5.41) is 17.6. The van der Waals surface area contributed by atoms with Crippen LogP contribution in [-0.2, 0) is 49.2 Å². The lowest BCUT2D eigenvalue weighted by Gasteiger charge is -2.41. The molecule has 3 N–H and O–H groups in total. The van der Waals surface area contributed by atoms with E-state index in [0.29, 0.717) is 43.5 Å². The number of esters is 1. The van der Waals surface area contributed by atoms with Crippen molar-refractivity contribution in [3.05, 3.63) is 52.1 Å². The zero-order valence-corrected chi connectivity index (χ0v) is 35.0. The third-order valence-corrected chi connectivity index (χ3v) is 11.3. The molecule has 306 valence electrons. The lowest BCUT2D eigenvalue weighted by atomic mass is 9.82. The molecule has 0 spiro atoms. The first kappa shape index (κ1) is 44.7. The highest BCUT2D eigenvalue weighted by Gasteiger charge is 2.64. The molecule has 2 fully saturated rings. The fourth-order valence-electron chi connectivity index (χ4n) is 6.77. The van der Waals surface area contributed by atoms with Crippen molar-refractivity contribution in [1.29, 1.82) is 0 Å². The number of alkyl carbamates (subject to hydrolysis) is 1. The van der Waals surface area contributed by atoms with E-state index in [2.05, 4.69) is 26.6 Å². The van der Waals surface area contributed by atoms with E-state index in [4.69, 9.17) is 40.0 Å². The molecule has 3 amide bonds. The quantitative estimate of drug-likeness (QED) is 0.110. The van der Waals surface area contributed by atoms with Gasteiger partial charge in [-0.15, -0.1) is 0 Å². The minimum atomic E-state index is -1.59. The van der Waals surface area contributed by atoms with Crippen molar-refractivity contribution in [1.82, 2.24) is 10.6 Å². The van der Waals surface area contributed by atoms with Crippen LogP contribution < -0.4 is 15.5 Å². The second-order valence-electron chi connectivity index (χ2n) is 14.7. The van der Waals surface area contributed by atoms with Crippen LogP contribution in [0.5, 0.6) is 0 Å². The van der Waals surface area contributed by atoms with Gasteiger partial charge in [0.1, 0.15) is 23.5 Å². The Morgan fingerprint density at radius 2 is 1.84 bits per heavy atom. The Balaban J connectivity index is 1.50. The molecule has 0 saturated carbocycles. The molecule has 55 heavy (non-hydrogen) atoms. The minimum Gasteiger partial charge on any atom is -0.457 e. The molecule has 3 aliphatic rings. The Morgan fingerprint density at radius 3 is 2.55 bits per heavy atom. The first-order chi connectivity index (χ1) is 26.0. The van der Waals surface area contributed by atoms with E-state index in [1.807, 2.05) is 58.1 Å². The monoisotopic (exact) mass is 855 g/mol. The highest BCUT2D eigenvalue weighted by molar-refractivity contribution is 9.09. The molecule has 3 heterocycles. The molecular formula is C39H55BrClN3O11. The van der Waals surface area contributed by atoms with E-state index >= 15 is 0 Å². The zero-order chi connectivity index (χ0) is 40.5. The van der Waals surface area contributed by atoms with Crippen LogP contribution in [0.3, 0.4) is 0 Å². The predicted octanol–water partition coefficient (Wildman–Crippen LogP) is 4.54. The van der Waals surface area contributed by atoms with Gasteiger partial charge in [0.25, 0.3) is 0 Å². The van der Waals surface area contributed by atoms with Gasteiger partial charge in [-0.05, 0) is 51.3 Å². The summed E-state index contributed by atoms with van der Waals surface area (Å²) in [5.41, 5.74) is 0.549. The molecule has 1 unspecified atom stereocenters. The van der Waals surface area contributed by atoms with Gasteiger partial charge in [0.2, 0.25) is 11.8 Å². The number of hydrogen-bond donors (Lipinski definition) is 3.